The van der Waals surface area contributed by atoms with Gasteiger partial charge in [-0.25, -0.2) is 0 Å². The smallest absolute Gasteiger partial charge is 1.00 e. The van der Waals surface area contributed by atoms with Crippen LogP contribution in [0.15, 0.2) is 0 Å². The Labute approximate surface area is 97.3 Å². The van der Waals surface area contributed by atoms with Gasteiger partial charge in [-0.1, -0.05) is 0 Å². The zero-order valence-electron chi connectivity index (χ0n) is 7.85. The molecular formula is C8H16BrLiO2. The van der Waals surface area contributed by atoms with Gasteiger partial charge >= 0.3 is 18.9 Å². The average molecular weight is 231 g/mol. The van der Waals surface area contributed by atoms with Crippen LogP contribution in [0, 0.1) is 0 Å². The van der Waals surface area contributed by atoms with E-state index in [-0.39, 0.29) is 35.8 Å². The van der Waals surface area contributed by atoms with Crippen LogP contribution in [0.2, 0.25) is 0 Å². The van der Waals surface area contributed by atoms with Crippen LogP contribution in [0.3, 0.4) is 0 Å². The molecule has 0 atom stereocenters. The van der Waals surface area contributed by atoms with Crippen LogP contribution in [0.4, 0.5) is 0 Å². The number of ether oxygens (including phenoxy) is 2. The van der Waals surface area contributed by atoms with Crippen LogP contribution in [0.5, 0.6) is 0 Å². The summed E-state index contributed by atoms with van der Waals surface area (Å²) in [6.07, 6.45) is 5.11. The molecule has 0 N–H and O–H groups in total. The van der Waals surface area contributed by atoms with Gasteiger partial charge in [0.15, 0.2) is 0 Å². The van der Waals surface area contributed by atoms with Gasteiger partial charge in [-0.15, -0.1) is 0 Å². The minimum Gasteiger partial charge on any atom is -1.00 e. The first-order valence-corrected chi connectivity index (χ1v) is 4.15. The van der Waals surface area contributed by atoms with E-state index in [0.29, 0.717) is 0 Å². The molecule has 68 valence electrons. The van der Waals surface area contributed by atoms with Gasteiger partial charge in [0.2, 0.25) is 0 Å². The molecule has 0 aromatic rings. The molecule has 2 nitrogen and oxygen atoms in total. The third kappa shape index (κ3) is 9.09. The maximum Gasteiger partial charge on any atom is 1.00 e. The van der Waals surface area contributed by atoms with Gasteiger partial charge in [0, 0.05) is 26.4 Å². The maximum atomic E-state index is 4.94. The molecule has 2 saturated heterocycles. The van der Waals surface area contributed by atoms with Crippen molar-refractivity contribution in [1.82, 2.24) is 0 Å². The van der Waals surface area contributed by atoms with Crippen LogP contribution in [-0.2, 0) is 9.47 Å². The van der Waals surface area contributed by atoms with Crippen molar-refractivity contribution in [3.05, 3.63) is 0 Å². The normalized spacial score (nSPS) is 20.0. The van der Waals surface area contributed by atoms with Crippen molar-refractivity contribution in [3.8, 4) is 0 Å². The molecule has 2 heterocycles. The first kappa shape index (κ1) is 15.5. The zero-order chi connectivity index (χ0) is 7.07. The summed E-state index contributed by atoms with van der Waals surface area (Å²) in [6.45, 7) is 4.00. The Morgan fingerprint density at radius 1 is 0.583 bits per heavy atom. The van der Waals surface area contributed by atoms with Gasteiger partial charge < -0.3 is 26.5 Å². The number of rotatable bonds is 0. The summed E-state index contributed by atoms with van der Waals surface area (Å²) < 4.78 is 9.89. The summed E-state index contributed by atoms with van der Waals surface area (Å²) in [7, 11) is 0. The molecule has 2 aliphatic heterocycles. The molecule has 0 aromatic carbocycles. The van der Waals surface area contributed by atoms with Gasteiger partial charge in [0.1, 0.15) is 0 Å². The van der Waals surface area contributed by atoms with Crippen molar-refractivity contribution in [3.63, 3.8) is 0 Å². The summed E-state index contributed by atoms with van der Waals surface area (Å²) in [5.41, 5.74) is 0. The molecule has 0 unspecified atom stereocenters. The summed E-state index contributed by atoms with van der Waals surface area (Å²) in [4.78, 5) is 0. The van der Waals surface area contributed by atoms with Crippen LogP contribution >= 0.6 is 0 Å². The fraction of sp³-hybridized carbons (Fsp3) is 1.00. The van der Waals surface area contributed by atoms with Crippen molar-refractivity contribution in [1.29, 1.82) is 0 Å². The second-order valence-corrected chi connectivity index (χ2v) is 2.64. The molecule has 2 rings (SSSR count). The summed E-state index contributed by atoms with van der Waals surface area (Å²) >= 11 is 0. The second-order valence-electron chi connectivity index (χ2n) is 2.64. The molecule has 0 amide bonds. The number of halogens is 1. The minimum atomic E-state index is 0. The van der Waals surface area contributed by atoms with Crippen LogP contribution in [0.1, 0.15) is 25.7 Å². The molecule has 2 aliphatic rings. The minimum absolute atomic E-state index is 0. The van der Waals surface area contributed by atoms with E-state index >= 15 is 0 Å². The quantitative estimate of drug-likeness (QED) is 0.392. The van der Waals surface area contributed by atoms with Crippen LogP contribution < -0.4 is 35.8 Å². The Hall–Kier alpha value is 0.997. The summed E-state index contributed by atoms with van der Waals surface area (Å²) in [5.74, 6) is 0. The fourth-order valence-electron chi connectivity index (χ4n) is 1.02. The predicted octanol–water partition coefficient (Wildman–Crippen LogP) is -4.40. The van der Waals surface area contributed by atoms with Crippen molar-refractivity contribution in [2.45, 2.75) is 25.7 Å². The molecule has 2 fully saturated rings. The molecule has 0 saturated carbocycles. The molecule has 0 spiro atoms. The third-order valence-electron chi connectivity index (χ3n) is 1.65. The van der Waals surface area contributed by atoms with E-state index < -0.39 is 0 Å². The van der Waals surface area contributed by atoms with E-state index in [4.69, 9.17) is 9.47 Å². The van der Waals surface area contributed by atoms with Gasteiger partial charge in [0.25, 0.3) is 0 Å². The van der Waals surface area contributed by atoms with Gasteiger partial charge in [-0.3, -0.25) is 0 Å². The molecule has 0 aromatic heterocycles. The Morgan fingerprint density at radius 2 is 0.833 bits per heavy atom. The third-order valence-corrected chi connectivity index (χ3v) is 1.65. The van der Waals surface area contributed by atoms with E-state index in [1.165, 1.54) is 25.7 Å². The van der Waals surface area contributed by atoms with Crippen molar-refractivity contribution < 1.29 is 45.3 Å². The van der Waals surface area contributed by atoms with Crippen molar-refractivity contribution in [2.24, 2.45) is 0 Å². The van der Waals surface area contributed by atoms with E-state index in [0.717, 1.165) is 26.4 Å². The first-order valence-electron chi connectivity index (χ1n) is 4.15. The monoisotopic (exact) mass is 230 g/mol. The summed E-state index contributed by atoms with van der Waals surface area (Å²) in [5, 5.41) is 0. The maximum absolute atomic E-state index is 4.94. The molecular weight excluding hydrogens is 215 g/mol. The second kappa shape index (κ2) is 12.0. The molecule has 0 radical (unpaired) electrons. The molecule has 0 bridgehead atoms. The fourth-order valence-corrected chi connectivity index (χ4v) is 1.02. The van der Waals surface area contributed by atoms with Gasteiger partial charge in [-0.05, 0) is 25.7 Å². The topological polar surface area (TPSA) is 18.5 Å². The van der Waals surface area contributed by atoms with E-state index in [9.17, 15) is 0 Å². The number of hydrogen-bond donors (Lipinski definition) is 0. The Balaban J connectivity index is 0. The number of hydrogen-bond acceptors (Lipinski definition) is 2. The molecule has 4 heteroatoms. The van der Waals surface area contributed by atoms with E-state index in [2.05, 4.69) is 0 Å². The standard InChI is InChI=1S/2C4H8O.BrH.Li/c2*1-2-4-5-3-1;;/h2*1-4H2;1H;/q;;;+1/p-1. The zero-order valence-corrected chi connectivity index (χ0v) is 9.44. The predicted molar refractivity (Wildman–Crippen MR) is 40.1 cm³/mol. The molecule has 0 aliphatic carbocycles. The Morgan fingerprint density at radius 3 is 0.917 bits per heavy atom. The largest absolute Gasteiger partial charge is 1.00 e. The summed E-state index contributed by atoms with van der Waals surface area (Å²) in [6, 6.07) is 0. The molecule has 12 heavy (non-hydrogen) atoms. The van der Waals surface area contributed by atoms with E-state index in [1.54, 1.807) is 0 Å². The first-order chi connectivity index (χ1) is 5.00. The van der Waals surface area contributed by atoms with Crippen molar-refractivity contribution in [2.75, 3.05) is 26.4 Å². The SMILES string of the molecule is C1CCOC1.C1CCOC1.[Br-].[Li+]. The average Bonchev–Trinajstić information content (AvgIpc) is 2.67. The van der Waals surface area contributed by atoms with Gasteiger partial charge in [0.05, 0.1) is 0 Å². The van der Waals surface area contributed by atoms with Crippen LogP contribution in [0.25, 0.3) is 0 Å². The van der Waals surface area contributed by atoms with Gasteiger partial charge in [-0.2, -0.15) is 0 Å². The Kier molecular flexibility index (Phi) is 15.5. The van der Waals surface area contributed by atoms with Crippen LogP contribution in [-0.4, -0.2) is 26.4 Å². The Bertz CT molecular complexity index is 50.2. The van der Waals surface area contributed by atoms with E-state index in [1.807, 2.05) is 0 Å². The van der Waals surface area contributed by atoms with Crippen molar-refractivity contribution >= 4 is 0 Å².